The number of morpholine rings is 1. The topological polar surface area (TPSA) is 44.7 Å². The molecule has 1 rings (SSSR count). The lowest BCUT2D eigenvalue weighted by Crippen LogP contribution is -2.50. The zero-order valence-electron chi connectivity index (χ0n) is 12.2. The summed E-state index contributed by atoms with van der Waals surface area (Å²) in [5.41, 5.74) is -0.649. The molecule has 1 saturated heterocycles. The minimum absolute atomic E-state index is 0.649. The molecule has 2 N–H and O–H groups in total. The number of hydrogen-bond acceptors (Lipinski definition) is 4. The van der Waals surface area contributed by atoms with Gasteiger partial charge in [0.25, 0.3) is 0 Å². The van der Waals surface area contributed by atoms with E-state index < -0.39 is 5.60 Å². The Kier molecular flexibility index (Phi) is 7.15. The average Bonchev–Trinajstić information content (AvgIpc) is 2.35. The van der Waals surface area contributed by atoms with Crippen molar-refractivity contribution in [1.29, 1.82) is 0 Å². The molecular weight excluding hydrogens is 228 g/mol. The van der Waals surface area contributed by atoms with Crippen molar-refractivity contribution in [2.24, 2.45) is 5.92 Å². The van der Waals surface area contributed by atoms with Crippen molar-refractivity contribution in [3.8, 4) is 0 Å². The Morgan fingerprint density at radius 3 is 2.44 bits per heavy atom. The van der Waals surface area contributed by atoms with Crippen LogP contribution in [0.5, 0.6) is 0 Å². The monoisotopic (exact) mass is 258 g/mol. The Morgan fingerprint density at radius 1 is 1.28 bits per heavy atom. The van der Waals surface area contributed by atoms with Crippen LogP contribution in [0.15, 0.2) is 0 Å². The first-order chi connectivity index (χ1) is 8.57. The van der Waals surface area contributed by atoms with E-state index in [0.717, 1.165) is 45.3 Å². The summed E-state index contributed by atoms with van der Waals surface area (Å²) in [6, 6.07) is 0. The standard InChI is InChI=1S/C14H30N2O2/c1-4-13(5-2)10-15-11-14(3,17)12-16-6-8-18-9-7-16/h13,15,17H,4-12H2,1-3H3. The van der Waals surface area contributed by atoms with Gasteiger partial charge in [0.05, 0.1) is 18.8 Å². The number of ether oxygens (including phenoxy) is 1. The summed E-state index contributed by atoms with van der Waals surface area (Å²) in [6.07, 6.45) is 2.41. The van der Waals surface area contributed by atoms with E-state index in [4.69, 9.17) is 4.74 Å². The van der Waals surface area contributed by atoms with E-state index in [0.29, 0.717) is 6.54 Å². The highest BCUT2D eigenvalue weighted by atomic mass is 16.5. The molecule has 0 saturated carbocycles. The van der Waals surface area contributed by atoms with Crippen LogP contribution in [0.25, 0.3) is 0 Å². The molecule has 0 spiro atoms. The van der Waals surface area contributed by atoms with Gasteiger partial charge in [-0.3, -0.25) is 4.90 Å². The Bertz CT molecular complexity index is 212. The molecule has 0 aromatic carbocycles. The second kappa shape index (κ2) is 8.10. The molecule has 1 fully saturated rings. The number of nitrogens with one attached hydrogen (secondary N) is 1. The first-order valence-electron chi connectivity index (χ1n) is 7.30. The molecule has 1 heterocycles. The molecule has 1 unspecified atom stereocenters. The minimum Gasteiger partial charge on any atom is -0.388 e. The lowest BCUT2D eigenvalue weighted by molar-refractivity contribution is -0.0220. The molecule has 0 aromatic rings. The molecular formula is C14H30N2O2. The van der Waals surface area contributed by atoms with Gasteiger partial charge in [-0.2, -0.15) is 0 Å². The Morgan fingerprint density at radius 2 is 1.89 bits per heavy atom. The van der Waals surface area contributed by atoms with Gasteiger partial charge in [-0.1, -0.05) is 26.7 Å². The van der Waals surface area contributed by atoms with E-state index in [1.54, 1.807) is 0 Å². The summed E-state index contributed by atoms with van der Waals surface area (Å²) >= 11 is 0. The van der Waals surface area contributed by atoms with Gasteiger partial charge in [-0.05, 0) is 19.4 Å². The van der Waals surface area contributed by atoms with Crippen LogP contribution < -0.4 is 5.32 Å². The van der Waals surface area contributed by atoms with Gasteiger partial charge in [0.2, 0.25) is 0 Å². The third-order valence-corrected chi connectivity index (χ3v) is 3.76. The summed E-state index contributed by atoms with van der Waals surface area (Å²) in [5.74, 6) is 0.726. The molecule has 108 valence electrons. The Labute approximate surface area is 112 Å². The summed E-state index contributed by atoms with van der Waals surface area (Å²) in [7, 11) is 0. The molecule has 18 heavy (non-hydrogen) atoms. The van der Waals surface area contributed by atoms with Gasteiger partial charge in [0.15, 0.2) is 0 Å². The number of aliphatic hydroxyl groups is 1. The maximum atomic E-state index is 10.4. The van der Waals surface area contributed by atoms with Crippen LogP contribution in [-0.2, 0) is 4.74 Å². The SMILES string of the molecule is CCC(CC)CNCC(C)(O)CN1CCOCC1. The molecule has 1 aliphatic rings. The fourth-order valence-corrected chi connectivity index (χ4v) is 2.42. The van der Waals surface area contributed by atoms with Crippen LogP contribution in [0.2, 0.25) is 0 Å². The van der Waals surface area contributed by atoms with E-state index in [1.165, 1.54) is 12.8 Å². The number of rotatable bonds is 8. The zero-order valence-corrected chi connectivity index (χ0v) is 12.2. The van der Waals surface area contributed by atoms with Crippen molar-refractivity contribution < 1.29 is 9.84 Å². The highest BCUT2D eigenvalue weighted by molar-refractivity contribution is 4.81. The van der Waals surface area contributed by atoms with E-state index in [9.17, 15) is 5.11 Å². The first kappa shape index (κ1) is 15.9. The lowest BCUT2D eigenvalue weighted by atomic mass is 10.0. The molecule has 1 atom stereocenters. The lowest BCUT2D eigenvalue weighted by Gasteiger charge is -2.34. The van der Waals surface area contributed by atoms with Crippen molar-refractivity contribution >= 4 is 0 Å². The zero-order chi connectivity index (χ0) is 13.4. The number of hydrogen-bond donors (Lipinski definition) is 2. The third-order valence-electron chi connectivity index (χ3n) is 3.76. The van der Waals surface area contributed by atoms with Crippen molar-refractivity contribution in [1.82, 2.24) is 10.2 Å². The van der Waals surface area contributed by atoms with Crippen LogP contribution in [0.3, 0.4) is 0 Å². The van der Waals surface area contributed by atoms with Crippen LogP contribution in [0.4, 0.5) is 0 Å². The molecule has 0 aromatic heterocycles. The predicted molar refractivity (Wildman–Crippen MR) is 74.8 cm³/mol. The van der Waals surface area contributed by atoms with Crippen molar-refractivity contribution in [3.05, 3.63) is 0 Å². The smallest absolute Gasteiger partial charge is 0.0869 e. The fraction of sp³-hybridized carbons (Fsp3) is 1.00. The van der Waals surface area contributed by atoms with Gasteiger partial charge < -0.3 is 15.2 Å². The van der Waals surface area contributed by atoms with Gasteiger partial charge in [0, 0.05) is 26.2 Å². The summed E-state index contributed by atoms with van der Waals surface area (Å²) in [4.78, 5) is 2.28. The van der Waals surface area contributed by atoms with Gasteiger partial charge in [-0.15, -0.1) is 0 Å². The molecule has 1 aliphatic heterocycles. The molecule has 0 bridgehead atoms. The van der Waals surface area contributed by atoms with Crippen molar-refractivity contribution in [3.63, 3.8) is 0 Å². The fourth-order valence-electron chi connectivity index (χ4n) is 2.42. The second-order valence-electron chi connectivity index (χ2n) is 5.70. The highest BCUT2D eigenvalue weighted by Gasteiger charge is 2.24. The predicted octanol–water partition coefficient (Wildman–Crippen LogP) is 1.10. The molecule has 4 heteroatoms. The first-order valence-corrected chi connectivity index (χ1v) is 7.30. The summed E-state index contributed by atoms with van der Waals surface area (Å²) in [6.45, 7) is 12.2. The molecule has 0 radical (unpaired) electrons. The quantitative estimate of drug-likeness (QED) is 0.684. The van der Waals surface area contributed by atoms with Crippen molar-refractivity contribution in [2.75, 3.05) is 45.9 Å². The van der Waals surface area contributed by atoms with E-state index in [-0.39, 0.29) is 0 Å². The summed E-state index contributed by atoms with van der Waals surface area (Å²) in [5, 5.41) is 13.8. The maximum absolute atomic E-state index is 10.4. The molecule has 4 nitrogen and oxygen atoms in total. The second-order valence-corrected chi connectivity index (χ2v) is 5.70. The van der Waals surface area contributed by atoms with Crippen LogP contribution in [0.1, 0.15) is 33.6 Å². The highest BCUT2D eigenvalue weighted by Crippen LogP contribution is 2.09. The van der Waals surface area contributed by atoms with Gasteiger partial charge in [0.1, 0.15) is 0 Å². The summed E-state index contributed by atoms with van der Waals surface area (Å²) < 4.78 is 5.32. The van der Waals surface area contributed by atoms with Gasteiger partial charge >= 0.3 is 0 Å². The molecule has 0 aliphatic carbocycles. The van der Waals surface area contributed by atoms with Crippen LogP contribution >= 0.6 is 0 Å². The normalized spacial score (nSPS) is 21.2. The van der Waals surface area contributed by atoms with E-state index >= 15 is 0 Å². The minimum atomic E-state index is -0.649. The molecule has 0 amide bonds. The maximum Gasteiger partial charge on any atom is 0.0869 e. The largest absolute Gasteiger partial charge is 0.388 e. The van der Waals surface area contributed by atoms with E-state index in [1.807, 2.05) is 6.92 Å². The third kappa shape index (κ3) is 6.14. The van der Waals surface area contributed by atoms with E-state index in [2.05, 4.69) is 24.1 Å². The Hall–Kier alpha value is -0.160. The number of nitrogens with zero attached hydrogens (tertiary/aromatic N) is 1. The van der Waals surface area contributed by atoms with Crippen LogP contribution in [-0.4, -0.2) is 61.5 Å². The number of β-amino-alcohol motifs (C(OH)–C–C–N with tert-alkyl or cyclic N) is 1. The average molecular weight is 258 g/mol. The van der Waals surface area contributed by atoms with Crippen molar-refractivity contribution in [2.45, 2.75) is 39.2 Å². The Balaban J connectivity index is 2.21. The van der Waals surface area contributed by atoms with Gasteiger partial charge in [-0.25, -0.2) is 0 Å². The van der Waals surface area contributed by atoms with Crippen LogP contribution in [0, 0.1) is 5.92 Å².